The zero-order chi connectivity index (χ0) is 17.5. The highest BCUT2D eigenvalue weighted by atomic mass is 19.1. The highest BCUT2D eigenvalue weighted by Gasteiger charge is 2.21. The molecular weight excluding hydrogens is 307 g/mol. The zero-order valence-electron chi connectivity index (χ0n) is 14.0. The van der Waals surface area contributed by atoms with Crippen LogP contribution in [0.4, 0.5) is 4.39 Å². The molecular formula is C19H23FN2O2. The van der Waals surface area contributed by atoms with Gasteiger partial charge in [-0.2, -0.15) is 0 Å². The van der Waals surface area contributed by atoms with Crippen molar-refractivity contribution in [3.8, 4) is 0 Å². The lowest BCUT2D eigenvalue weighted by Gasteiger charge is -2.20. The topological polar surface area (TPSA) is 64.3 Å². The number of ether oxygens (including phenoxy) is 1. The zero-order valence-corrected chi connectivity index (χ0v) is 14.0. The quantitative estimate of drug-likeness (QED) is 0.820. The number of carbonyl (C=O) groups excluding carboxylic acids is 1. The second-order valence-electron chi connectivity index (χ2n) is 5.80. The Bertz CT molecular complexity index is 676. The van der Waals surface area contributed by atoms with Crippen molar-refractivity contribution in [1.29, 1.82) is 0 Å². The molecule has 0 spiro atoms. The minimum absolute atomic E-state index is 0.135. The summed E-state index contributed by atoms with van der Waals surface area (Å²) in [4.78, 5) is 12.3. The van der Waals surface area contributed by atoms with Gasteiger partial charge in [-0.05, 0) is 23.3 Å². The van der Waals surface area contributed by atoms with E-state index in [0.717, 1.165) is 11.1 Å². The molecule has 0 aliphatic heterocycles. The summed E-state index contributed by atoms with van der Waals surface area (Å²) in [7, 11) is 1.51. The van der Waals surface area contributed by atoms with Crippen molar-refractivity contribution >= 4 is 5.91 Å². The Balaban J connectivity index is 1.96. The Morgan fingerprint density at radius 2 is 1.96 bits per heavy atom. The van der Waals surface area contributed by atoms with E-state index in [-0.39, 0.29) is 30.3 Å². The number of hydrogen-bond donors (Lipinski definition) is 2. The van der Waals surface area contributed by atoms with E-state index in [4.69, 9.17) is 10.5 Å². The fourth-order valence-corrected chi connectivity index (χ4v) is 2.48. The summed E-state index contributed by atoms with van der Waals surface area (Å²) in [6.45, 7) is 2.32. The molecule has 0 fully saturated rings. The molecule has 2 rings (SSSR count). The Kier molecular flexibility index (Phi) is 6.46. The number of amides is 1. The largest absolute Gasteiger partial charge is 0.380 e. The Labute approximate surface area is 141 Å². The molecule has 3 N–H and O–H groups in total. The van der Waals surface area contributed by atoms with Gasteiger partial charge in [0, 0.05) is 25.3 Å². The van der Waals surface area contributed by atoms with Gasteiger partial charge >= 0.3 is 0 Å². The van der Waals surface area contributed by atoms with E-state index in [1.807, 2.05) is 30.3 Å². The van der Waals surface area contributed by atoms with Crippen molar-refractivity contribution in [3.05, 3.63) is 71.0 Å². The first-order valence-corrected chi connectivity index (χ1v) is 7.87. The summed E-state index contributed by atoms with van der Waals surface area (Å²) in [6, 6.07) is 13.9. The second kappa shape index (κ2) is 8.57. The molecule has 0 bridgehead atoms. The van der Waals surface area contributed by atoms with Crippen LogP contribution < -0.4 is 11.1 Å². The first-order chi connectivity index (χ1) is 11.5. The van der Waals surface area contributed by atoms with E-state index in [9.17, 15) is 9.18 Å². The van der Waals surface area contributed by atoms with Gasteiger partial charge < -0.3 is 15.8 Å². The monoisotopic (exact) mass is 330 g/mol. The summed E-state index contributed by atoms with van der Waals surface area (Å²) >= 11 is 0. The molecule has 24 heavy (non-hydrogen) atoms. The minimum Gasteiger partial charge on any atom is -0.380 e. The van der Waals surface area contributed by atoms with Crippen LogP contribution in [0.2, 0.25) is 0 Å². The van der Waals surface area contributed by atoms with Crippen molar-refractivity contribution in [2.24, 2.45) is 11.7 Å². The highest BCUT2D eigenvalue weighted by molar-refractivity contribution is 5.79. The average molecular weight is 330 g/mol. The van der Waals surface area contributed by atoms with Gasteiger partial charge in [-0.15, -0.1) is 0 Å². The average Bonchev–Trinajstić information content (AvgIpc) is 2.61. The predicted octanol–water partition coefficient (Wildman–Crippen LogP) is 2.92. The molecule has 2 atom stereocenters. The number of carbonyl (C=O) groups is 1. The summed E-state index contributed by atoms with van der Waals surface area (Å²) in [6.07, 6.45) is 0. The Morgan fingerprint density at radius 3 is 2.62 bits per heavy atom. The molecule has 2 unspecified atom stereocenters. The summed E-state index contributed by atoms with van der Waals surface area (Å²) < 4.78 is 18.6. The first kappa shape index (κ1) is 18.1. The molecule has 0 saturated heterocycles. The van der Waals surface area contributed by atoms with Crippen LogP contribution in [0.3, 0.4) is 0 Å². The molecule has 0 radical (unpaired) electrons. The summed E-state index contributed by atoms with van der Waals surface area (Å²) in [5, 5.41) is 2.86. The second-order valence-corrected chi connectivity index (χ2v) is 5.80. The van der Waals surface area contributed by atoms with Crippen molar-refractivity contribution in [3.63, 3.8) is 0 Å². The fourth-order valence-electron chi connectivity index (χ4n) is 2.48. The molecule has 0 saturated carbocycles. The smallest absolute Gasteiger partial charge is 0.225 e. The van der Waals surface area contributed by atoms with E-state index < -0.39 is 0 Å². The van der Waals surface area contributed by atoms with Gasteiger partial charge in [-0.1, -0.05) is 43.3 Å². The molecule has 5 heteroatoms. The molecule has 4 nitrogen and oxygen atoms in total. The molecule has 0 aliphatic rings. The predicted molar refractivity (Wildman–Crippen MR) is 91.5 cm³/mol. The van der Waals surface area contributed by atoms with E-state index in [2.05, 4.69) is 5.32 Å². The van der Waals surface area contributed by atoms with Gasteiger partial charge in [0.1, 0.15) is 5.82 Å². The number of hydrogen-bond acceptors (Lipinski definition) is 3. The van der Waals surface area contributed by atoms with Gasteiger partial charge in [-0.3, -0.25) is 4.79 Å². The molecule has 2 aromatic rings. The van der Waals surface area contributed by atoms with E-state index in [1.54, 1.807) is 19.1 Å². The molecule has 0 aliphatic carbocycles. The lowest BCUT2D eigenvalue weighted by atomic mass is 9.94. The standard InChI is InChI=1S/C19H23FN2O2/c1-13(18(21)15-6-4-3-5-7-15)19(23)22-11-14-8-9-17(20)16(10-14)12-24-2/h3-10,13,18H,11-12,21H2,1-2H3,(H,22,23). The van der Waals surface area contributed by atoms with Crippen LogP contribution in [0.25, 0.3) is 0 Å². The maximum atomic E-state index is 13.6. The van der Waals surface area contributed by atoms with Gasteiger partial charge in [-0.25, -0.2) is 4.39 Å². The highest BCUT2D eigenvalue weighted by Crippen LogP contribution is 2.19. The van der Waals surface area contributed by atoms with Crippen LogP contribution in [-0.2, 0) is 22.7 Å². The molecule has 0 aromatic heterocycles. The first-order valence-electron chi connectivity index (χ1n) is 7.87. The van der Waals surface area contributed by atoms with Gasteiger partial charge in [0.05, 0.1) is 12.5 Å². The Hall–Kier alpha value is -2.24. The van der Waals surface area contributed by atoms with Crippen LogP contribution in [0.5, 0.6) is 0 Å². The third-order valence-corrected chi connectivity index (χ3v) is 4.01. The molecule has 1 amide bonds. The summed E-state index contributed by atoms with van der Waals surface area (Å²) in [5.74, 6) is -0.818. The number of halogens is 1. The van der Waals surface area contributed by atoms with E-state index in [1.165, 1.54) is 13.2 Å². The van der Waals surface area contributed by atoms with Crippen molar-refractivity contribution in [2.45, 2.75) is 26.1 Å². The van der Waals surface area contributed by atoms with Crippen LogP contribution in [0.15, 0.2) is 48.5 Å². The Morgan fingerprint density at radius 1 is 1.25 bits per heavy atom. The maximum Gasteiger partial charge on any atom is 0.225 e. The number of benzene rings is 2. The van der Waals surface area contributed by atoms with E-state index in [0.29, 0.717) is 12.1 Å². The maximum absolute atomic E-state index is 13.6. The summed E-state index contributed by atoms with van der Waals surface area (Å²) in [5.41, 5.74) is 8.37. The number of methoxy groups -OCH3 is 1. The molecule has 128 valence electrons. The van der Waals surface area contributed by atoms with Gasteiger partial charge in [0.25, 0.3) is 0 Å². The minimum atomic E-state index is -0.372. The third kappa shape index (κ3) is 4.63. The van der Waals surface area contributed by atoms with Crippen molar-refractivity contribution in [2.75, 3.05) is 7.11 Å². The van der Waals surface area contributed by atoms with Gasteiger partial charge in [0.15, 0.2) is 0 Å². The lowest BCUT2D eigenvalue weighted by molar-refractivity contribution is -0.125. The number of nitrogens with one attached hydrogen (secondary N) is 1. The fraction of sp³-hybridized carbons (Fsp3) is 0.316. The number of nitrogens with two attached hydrogens (primary N) is 1. The van der Waals surface area contributed by atoms with Crippen molar-refractivity contribution < 1.29 is 13.9 Å². The SMILES string of the molecule is COCc1cc(CNC(=O)C(C)C(N)c2ccccc2)ccc1F. The van der Waals surface area contributed by atoms with E-state index >= 15 is 0 Å². The normalized spacial score (nSPS) is 13.3. The third-order valence-electron chi connectivity index (χ3n) is 4.01. The van der Waals surface area contributed by atoms with Crippen LogP contribution in [0, 0.1) is 11.7 Å². The molecule has 0 heterocycles. The number of rotatable bonds is 7. The van der Waals surface area contributed by atoms with Crippen molar-refractivity contribution in [1.82, 2.24) is 5.32 Å². The molecule has 2 aromatic carbocycles. The van der Waals surface area contributed by atoms with Gasteiger partial charge in [0.2, 0.25) is 5.91 Å². The van der Waals surface area contributed by atoms with Crippen LogP contribution >= 0.6 is 0 Å². The van der Waals surface area contributed by atoms with Crippen LogP contribution in [0.1, 0.15) is 29.7 Å². The lowest BCUT2D eigenvalue weighted by Crippen LogP contribution is -2.35. The van der Waals surface area contributed by atoms with Crippen LogP contribution in [-0.4, -0.2) is 13.0 Å².